The number of nitrogens with zero attached hydrogens (tertiary/aromatic N) is 2. The summed E-state index contributed by atoms with van der Waals surface area (Å²) >= 11 is 0. The van der Waals surface area contributed by atoms with Crippen LogP contribution in [0.15, 0.2) is 24.3 Å². The zero-order chi connectivity index (χ0) is 15.5. The average molecular weight is 286 g/mol. The van der Waals surface area contributed by atoms with Crippen LogP contribution in [0.4, 0.5) is 0 Å². The van der Waals surface area contributed by atoms with E-state index >= 15 is 0 Å². The number of carboxylic acids is 1. The van der Waals surface area contributed by atoms with Crippen molar-refractivity contribution in [2.24, 2.45) is 11.3 Å². The van der Waals surface area contributed by atoms with Gasteiger partial charge in [-0.15, -0.1) is 0 Å². The van der Waals surface area contributed by atoms with Crippen LogP contribution in [0.3, 0.4) is 0 Å². The molecule has 0 aliphatic carbocycles. The number of aliphatic carboxylic acids is 1. The smallest absolute Gasteiger partial charge is 0.309 e. The van der Waals surface area contributed by atoms with Crippen molar-refractivity contribution in [1.29, 1.82) is 5.26 Å². The van der Waals surface area contributed by atoms with Crippen LogP contribution in [0.25, 0.3) is 0 Å². The van der Waals surface area contributed by atoms with E-state index in [-0.39, 0.29) is 5.92 Å². The van der Waals surface area contributed by atoms with Crippen LogP contribution in [0.2, 0.25) is 0 Å². The minimum Gasteiger partial charge on any atom is -0.481 e. The van der Waals surface area contributed by atoms with Crippen LogP contribution in [0.5, 0.6) is 0 Å². The third-order valence-electron chi connectivity index (χ3n) is 4.61. The Morgan fingerprint density at radius 3 is 2.86 bits per heavy atom. The molecule has 1 atom stereocenters. The van der Waals surface area contributed by atoms with Crippen LogP contribution >= 0.6 is 0 Å². The standard InChI is InChI=1S/C17H22N2O2/c1-17(2,16(20)21)15-8-5-9-19(12-15)11-14-7-4-3-6-13(14)10-18/h3-4,6-7,15H,5,8-9,11-12H2,1-2H3,(H,20,21). The summed E-state index contributed by atoms with van der Waals surface area (Å²) < 4.78 is 0. The van der Waals surface area contributed by atoms with Crippen LogP contribution < -0.4 is 0 Å². The molecule has 4 nitrogen and oxygen atoms in total. The first-order chi connectivity index (χ1) is 9.95. The maximum Gasteiger partial charge on any atom is 0.309 e. The normalized spacial score (nSPS) is 20.0. The van der Waals surface area contributed by atoms with Gasteiger partial charge in [-0.05, 0) is 50.8 Å². The number of benzene rings is 1. The van der Waals surface area contributed by atoms with Crippen molar-refractivity contribution < 1.29 is 9.90 Å². The van der Waals surface area contributed by atoms with Gasteiger partial charge < -0.3 is 5.11 Å². The quantitative estimate of drug-likeness (QED) is 0.924. The zero-order valence-corrected chi connectivity index (χ0v) is 12.7. The summed E-state index contributed by atoms with van der Waals surface area (Å²) in [7, 11) is 0. The summed E-state index contributed by atoms with van der Waals surface area (Å²) in [6.45, 7) is 6.08. The van der Waals surface area contributed by atoms with Crippen LogP contribution in [-0.4, -0.2) is 29.1 Å². The highest BCUT2D eigenvalue weighted by Gasteiger charge is 2.39. The topological polar surface area (TPSA) is 64.3 Å². The maximum absolute atomic E-state index is 11.4. The summed E-state index contributed by atoms with van der Waals surface area (Å²) in [4.78, 5) is 13.7. The van der Waals surface area contributed by atoms with E-state index in [1.165, 1.54) is 0 Å². The third-order valence-corrected chi connectivity index (χ3v) is 4.61. The number of piperidine rings is 1. The second-order valence-electron chi connectivity index (χ2n) is 6.37. The average Bonchev–Trinajstić information content (AvgIpc) is 2.48. The van der Waals surface area contributed by atoms with E-state index in [9.17, 15) is 9.90 Å². The van der Waals surface area contributed by atoms with Gasteiger partial charge in [-0.1, -0.05) is 18.2 Å². The minimum absolute atomic E-state index is 0.151. The molecule has 0 aromatic heterocycles. The SMILES string of the molecule is CC(C)(C(=O)O)C1CCCN(Cc2ccccc2C#N)C1. The summed E-state index contributed by atoms with van der Waals surface area (Å²) in [6, 6.07) is 9.84. The number of hydrogen-bond acceptors (Lipinski definition) is 3. The Morgan fingerprint density at radius 2 is 2.19 bits per heavy atom. The molecule has 21 heavy (non-hydrogen) atoms. The summed E-state index contributed by atoms with van der Waals surface area (Å²) in [6.07, 6.45) is 1.96. The van der Waals surface area contributed by atoms with E-state index in [0.717, 1.165) is 38.0 Å². The first-order valence-electron chi connectivity index (χ1n) is 7.39. The lowest BCUT2D eigenvalue weighted by atomic mass is 9.74. The molecule has 1 unspecified atom stereocenters. The number of likely N-dealkylation sites (tertiary alicyclic amines) is 1. The molecule has 0 amide bonds. The van der Waals surface area contributed by atoms with Crippen molar-refractivity contribution >= 4 is 5.97 Å². The second-order valence-corrected chi connectivity index (χ2v) is 6.37. The molecule has 1 aromatic carbocycles. The fourth-order valence-corrected chi connectivity index (χ4v) is 2.97. The highest BCUT2D eigenvalue weighted by atomic mass is 16.4. The Labute approximate surface area is 126 Å². The van der Waals surface area contributed by atoms with E-state index in [2.05, 4.69) is 11.0 Å². The van der Waals surface area contributed by atoms with E-state index in [1.54, 1.807) is 0 Å². The lowest BCUT2D eigenvalue weighted by Crippen LogP contribution is -2.44. The monoisotopic (exact) mass is 286 g/mol. The predicted octanol–water partition coefficient (Wildman–Crippen LogP) is 2.88. The predicted molar refractivity (Wildman–Crippen MR) is 80.6 cm³/mol. The van der Waals surface area contributed by atoms with Gasteiger partial charge in [0.05, 0.1) is 17.0 Å². The van der Waals surface area contributed by atoms with Gasteiger partial charge in [0, 0.05) is 13.1 Å². The largest absolute Gasteiger partial charge is 0.481 e. The number of nitriles is 1. The number of hydrogen-bond donors (Lipinski definition) is 1. The van der Waals surface area contributed by atoms with Crippen molar-refractivity contribution in [3.8, 4) is 6.07 Å². The van der Waals surface area contributed by atoms with Gasteiger partial charge >= 0.3 is 5.97 Å². The highest BCUT2D eigenvalue weighted by molar-refractivity contribution is 5.74. The molecule has 1 aliphatic rings. The Bertz CT molecular complexity index is 560. The molecular weight excluding hydrogens is 264 g/mol. The third kappa shape index (κ3) is 3.43. The van der Waals surface area contributed by atoms with E-state index in [1.807, 2.05) is 38.1 Å². The highest BCUT2D eigenvalue weighted by Crippen LogP contribution is 2.34. The van der Waals surface area contributed by atoms with Gasteiger partial charge in [0.2, 0.25) is 0 Å². The molecule has 0 bridgehead atoms. The molecule has 112 valence electrons. The van der Waals surface area contributed by atoms with Gasteiger partial charge in [0.15, 0.2) is 0 Å². The van der Waals surface area contributed by atoms with E-state index in [4.69, 9.17) is 5.26 Å². The molecule has 2 rings (SSSR count). The number of carboxylic acid groups (broad SMARTS) is 1. The summed E-state index contributed by atoms with van der Waals surface area (Å²) in [5.74, 6) is -0.579. The minimum atomic E-state index is -0.730. The Morgan fingerprint density at radius 1 is 1.48 bits per heavy atom. The fraction of sp³-hybridized carbons (Fsp3) is 0.529. The van der Waals surface area contributed by atoms with Gasteiger partial charge in [0.1, 0.15) is 0 Å². The molecular formula is C17H22N2O2. The molecule has 1 fully saturated rings. The lowest BCUT2D eigenvalue weighted by molar-refractivity contribution is -0.151. The Kier molecular flexibility index (Phi) is 4.64. The maximum atomic E-state index is 11.4. The molecule has 1 N–H and O–H groups in total. The Hall–Kier alpha value is -1.86. The molecule has 1 aromatic rings. The van der Waals surface area contributed by atoms with Gasteiger partial charge in [0.25, 0.3) is 0 Å². The first kappa shape index (κ1) is 15.5. The van der Waals surface area contributed by atoms with Crippen LogP contribution in [0, 0.1) is 22.7 Å². The number of carbonyl (C=O) groups is 1. The van der Waals surface area contributed by atoms with E-state index in [0.29, 0.717) is 5.56 Å². The molecule has 4 heteroatoms. The van der Waals surface area contributed by atoms with Crippen molar-refractivity contribution in [3.05, 3.63) is 35.4 Å². The molecule has 0 spiro atoms. The van der Waals surface area contributed by atoms with Crippen LogP contribution in [0.1, 0.15) is 37.8 Å². The Balaban J connectivity index is 2.09. The number of rotatable bonds is 4. The van der Waals surface area contributed by atoms with Gasteiger partial charge in [-0.3, -0.25) is 9.69 Å². The van der Waals surface area contributed by atoms with Crippen molar-refractivity contribution in [2.45, 2.75) is 33.2 Å². The van der Waals surface area contributed by atoms with Crippen molar-refractivity contribution in [1.82, 2.24) is 4.90 Å². The molecule has 1 heterocycles. The van der Waals surface area contributed by atoms with Crippen molar-refractivity contribution in [2.75, 3.05) is 13.1 Å². The van der Waals surface area contributed by atoms with Gasteiger partial charge in [-0.25, -0.2) is 0 Å². The van der Waals surface area contributed by atoms with E-state index < -0.39 is 11.4 Å². The van der Waals surface area contributed by atoms with Gasteiger partial charge in [-0.2, -0.15) is 5.26 Å². The lowest BCUT2D eigenvalue weighted by Gasteiger charge is -2.39. The fourth-order valence-electron chi connectivity index (χ4n) is 2.97. The molecule has 1 saturated heterocycles. The second kappa shape index (κ2) is 6.28. The summed E-state index contributed by atoms with van der Waals surface area (Å²) in [5.41, 5.74) is 1.03. The molecule has 1 aliphatic heterocycles. The zero-order valence-electron chi connectivity index (χ0n) is 12.7. The molecule has 0 saturated carbocycles. The van der Waals surface area contributed by atoms with Crippen LogP contribution in [-0.2, 0) is 11.3 Å². The summed E-state index contributed by atoms with van der Waals surface area (Å²) in [5, 5.41) is 18.5. The van der Waals surface area contributed by atoms with Crippen molar-refractivity contribution in [3.63, 3.8) is 0 Å². The first-order valence-corrected chi connectivity index (χ1v) is 7.39. The molecule has 0 radical (unpaired) electrons.